The van der Waals surface area contributed by atoms with E-state index < -0.39 is 0 Å². The standard InChI is InChI=1S/C10H19NO/c1-10(2,3)12-7-8-4-5-9(11)6-8/h4-5,8-9H,6-7,11H2,1-3H3. The van der Waals surface area contributed by atoms with Gasteiger partial charge in [0.25, 0.3) is 0 Å². The molecule has 0 bridgehead atoms. The van der Waals surface area contributed by atoms with Crippen molar-refractivity contribution in [2.75, 3.05) is 6.61 Å². The van der Waals surface area contributed by atoms with Gasteiger partial charge in [0.05, 0.1) is 12.2 Å². The minimum absolute atomic E-state index is 0.0273. The van der Waals surface area contributed by atoms with Crippen LogP contribution in [0.2, 0.25) is 0 Å². The van der Waals surface area contributed by atoms with Crippen molar-refractivity contribution in [1.29, 1.82) is 0 Å². The van der Waals surface area contributed by atoms with E-state index in [-0.39, 0.29) is 11.6 Å². The Labute approximate surface area is 74.8 Å². The first-order chi connectivity index (χ1) is 5.47. The van der Waals surface area contributed by atoms with Crippen LogP contribution in [-0.2, 0) is 4.74 Å². The summed E-state index contributed by atoms with van der Waals surface area (Å²) >= 11 is 0. The topological polar surface area (TPSA) is 35.2 Å². The lowest BCUT2D eigenvalue weighted by Crippen LogP contribution is -2.24. The van der Waals surface area contributed by atoms with Gasteiger partial charge in [-0.1, -0.05) is 12.2 Å². The molecule has 0 saturated heterocycles. The molecule has 2 atom stereocenters. The van der Waals surface area contributed by atoms with Gasteiger partial charge in [0.15, 0.2) is 0 Å². The average Bonchev–Trinajstić information content (AvgIpc) is 2.30. The zero-order valence-electron chi connectivity index (χ0n) is 8.21. The van der Waals surface area contributed by atoms with Gasteiger partial charge in [-0.2, -0.15) is 0 Å². The van der Waals surface area contributed by atoms with Crippen LogP contribution in [0.15, 0.2) is 12.2 Å². The predicted octanol–water partition coefficient (Wildman–Crippen LogP) is 1.70. The summed E-state index contributed by atoms with van der Waals surface area (Å²) in [7, 11) is 0. The largest absolute Gasteiger partial charge is 0.375 e. The summed E-state index contributed by atoms with van der Waals surface area (Å²) < 4.78 is 5.65. The number of hydrogen-bond acceptors (Lipinski definition) is 2. The Kier molecular flexibility index (Phi) is 2.91. The van der Waals surface area contributed by atoms with E-state index in [2.05, 4.69) is 32.9 Å². The molecule has 12 heavy (non-hydrogen) atoms. The fourth-order valence-corrected chi connectivity index (χ4v) is 1.29. The molecular weight excluding hydrogens is 150 g/mol. The molecule has 2 nitrogen and oxygen atoms in total. The molecule has 0 amide bonds. The molecule has 2 unspecified atom stereocenters. The molecule has 1 aliphatic carbocycles. The maximum absolute atomic E-state index is 5.72. The molecule has 1 aliphatic rings. The molecule has 2 heteroatoms. The summed E-state index contributed by atoms with van der Waals surface area (Å²) in [6, 6.07) is 0.249. The fraction of sp³-hybridized carbons (Fsp3) is 0.800. The van der Waals surface area contributed by atoms with Crippen LogP contribution in [0.3, 0.4) is 0 Å². The van der Waals surface area contributed by atoms with Crippen LogP contribution in [0, 0.1) is 5.92 Å². The maximum atomic E-state index is 5.72. The second-order valence-electron chi connectivity index (χ2n) is 4.47. The number of nitrogens with two attached hydrogens (primary N) is 1. The van der Waals surface area contributed by atoms with Crippen molar-refractivity contribution >= 4 is 0 Å². The van der Waals surface area contributed by atoms with Crippen molar-refractivity contribution in [2.24, 2.45) is 11.7 Å². The Balaban J connectivity index is 2.21. The molecule has 0 fully saturated rings. The van der Waals surface area contributed by atoms with Gasteiger partial charge in [-0.25, -0.2) is 0 Å². The Hall–Kier alpha value is -0.340. The van der Waals surface area contributed by atoms with E-state index in [0.29, 0.717) is 5.92 Å². The van der Waals surface area contributed by atoms with Crippen molar-refractivity contribution < 1.29 is 4.74 Å². The zero-order chi connectivity index (χ0) is 9.19. The van der Waals surface area contributed by atoms with Crippen LogP contribution in [0.5, 0.6) is 0 Å². The molecule has 0 saturated carbocycles. The van der Waals surface area contributed by atoms with E-state index in [1.807, 2.05) is 0 Å². The van der Waals surface area contributed by atoms with E-state index in [4.69, 9.17) is 10.5 Å². The smallest absolute Gasteiger partial charge is 0.0598 e. The van der Waals surface area contributed by atoms with Gasteiger partial charge in [0.1, 0.15) is 0 Å². The molecule has 0 spiro atoms. The number of ether oxygens (including phenoxy) is 1. The minimum Gasteiger partial charge on any atom is -0.375 e. The van der Waals surface area contributed by atoms with Crippen molar-refractivity contribution in [1.82, 2.24) is 0 Å². The van der Waals surface area contributed by atoms with Gasteiger partial charge < -0.3 is 10.5 Å². The second-order valence-corrected chi connectivity index (χ2v) is 4.47. The van der Waals surface area contributed by atoms with Gasteiger partial charge >= 0.3 is 0 Å². The van der Waals surface area contributed by atoms with Crippen LogP contribution in [-0.4, -0.2) is 18.2 Å². The molecule has 1 rings (SSSR count). The molecule has 0 aromatic carbocycles. The van der Waals surface area contributed by atoms with Crippen LogP contribution < -0.4 is 5.73 Å². The Morgan fingerprint density at radius 3 is 2.50 bits per heavy atom. The lowest BCUT2D eigenvalue weighted by Gasteiger charge is -2.21. The molecule has 0 heterocycles. The van der Waals surface area contributed by atoms with Crippen LogP contribution in [0.25, 0.3) is 0 Å². The first kappa shape index (κ1) is 9.75. The highest BCUT2D eigenvalue weighted by atomic mass is 16.5. The molecule has 0 radical (unpaired) electrons. The summed E-state index contributed by atoms with van der Waals surface area (Å²) in [5.41, 5.74) is 5.69. The van der Waals surface area contributed by atoms with Crippen molar-refractivity contribution in [2.45, 2.75) is 38.8 Å². The van der Waals surface area contributed by atoms with Crippen molar-refractivity contribution in [3.05, 3.63) is 12.2 Å². The molecule has 0 aromatic rings. The zero-order valence-corrected chi connectivity index (χ0v) is 8.21. The fourth-order valence-electron chi connectivity index (χ4n) is 1.29. The maximum Gasteiger partial charge on any atom is 0.0598 e. The Morgan fingerprint density at radius 1 is 1.42 bits per heavy atom. The van der Waals surface area contributed by atoms with Crippen molar-refractivity contribution in [3.8, 4) is 0 Å². The van der Waals surface area contributed by atoms with Gasteiger partial charge in [-0.3, -0.25) is 0 Å². The normalized spacial score (nSPS) is 29.7. The summed E-state index contributed by atoms with van der Waals surface area (Å²) in [5.74, 6) is 0.527. The minimum atomic E-state index is -0.0273. The quantitative estimate of drug-likeness (QED) is 0.639. The molecule has 0 aliphatic heterocycles. The Bertz CT molecular complexity index is 169. The highest BCUT2D eigenvalue weighted by molar-refractivity contribution is 5.04. The van der Waals surface area contributed by atoms with E-state index >= 15 is 0 Å². The summed E-state index contributed by atoms with van der Waals surface area (Å²) in [6.45, 7) is 7.02. The highest BCUT2D eigenvalue weighted by Crippen LogP contribution is 2.19. The molecule has 0 aromatic heterocycles. The lowest BCUT2D eigenvalue weighted by atomic mass is 10.1. The van der Waals surface area contributed by atoms with Crippen LogP contribution >= 0.6 is 0 Å². The third-order valence-corrected chi connectivity index (χ3v) is 1.94. The predicted molar refractivity (Wildman–Crippen MR) is 50.9 cm³/mol. The second kappa shape index (κ2) is 3.58. The summed E-state index contributed by atoms with van der Waals surface area (Å²) in [6.07, 6.45) is 5.27. The average molecular weight is 169 g/mol. The number of hydrogen-bond donors (Lipinski definition) is 1. The number of rotatable bonds is 2. The van der Waals surface area contributed by atoms with Crippen molar-refractivity contribution in [3.63, 3.8) is 0 Å². The van der Waals surface area contributed by atoms with Crippen LogP contribution in [0.1, 0.15) is 27.2 Å². The van der Waals surface area contributed by atoms with E-state index in [1.54, 1.807) is 0 Å². The summed E-state index contributed by atoms with van der Waals surface area (Å²) in [5, 5.41) is 0. The molecular formula is C10H19NO. The third-order valence-electron chi connectivity index (χ3n) is 1.94. The summed E-state index contributed by atoms with van der Waals surface area (Å²) in [4.78, 5) is 0. The third kappa shape index (κ3) is 3.37. The van der Waals surface area contributed by atoms with E-state index in [1.165, 1.54) is 0 Å². The Morgan fingerprint density at radius 2 is 2.08 bits per heavy atom. The first-order valence-electron chi connectivity index (χ1n) is 4.55. The molecule has 2 N–H and O–H groups in total. The van der Waals surface area contributed by atoms with Gasteiger partial charge in [-0.15, -0.1) is 0 Å². The highest BCUT2D eigenvalue weighted by Gasteiger charge is 2.18. The van der Waals surface area contributed by atoms with Crippen LogP contribution in [0.4, 0.5) is 0 Å². The van der Waals surface area contributed by atoms with Gasteiger partial charge in [0.2, 0.25) is 0 Å². The first-order valence-corrected chi connectivity index (χ1v) is 4.55. The van der Waals surface area contributed by atoms with E-state index in [0.717, 1.165) is 13.0 Å². The van der Waals surface area contributed by atoms with E-state index in [9.17, 15) is 0 Å². The SMILES string of the molecule is CC(C)(C)OCC1C=CC(N)C1. The molecule has 70 valence electrons. The van der Waals surface area contributed by atoms with Gasteiger partial charge in [-0.05, 0) is 27.2 Å². The van der Waals surface area contributed by atoms with Gasteiger partial charge in [0, 0.05) is 12.0 Å². The monoisotopic (exact) mass is 169 g/mol. The lowest BCUT2D eigenvalue weighted by molar-refractivity contribution is -0.0155.